The summed E-state index contributed by atoms with van der Waals surface area (Å²) in [6, 6.07) is 6.39. The van der Waals surface area contributed by atoms with E-state index in [1.165, 1.54) is 44.9 Å². The summed E-state index contributed by atoms with van der Waals surface area (Å²) in [5.74, 6) is 1.99. The highest BCUT2D eigenvalue weighted by atomic mass is 16.5. The summed E-state index contributed by atoms with van der Waals surface area (Å²) in [6.45, 7) is 3.76. The minimum absolute atomic E-state index is 0.120. The maximum absolute atomic E-state index is 13.7. The van der Waals surface area contributed by atoms with E-state index < -0.39 is 0 Å². The lowest BCUT2D eigenvalue weighted by Gasteiger charge is -2.43. The zero-order chi connectivity index (χ0) is 26.1. The van der Waals surface area contributed by atoms with Crippen LogP contribution in [0.4, 0.5) is 0 Å². The quantitative estimate of drug-likeness (QED) is 0.502. The normalized spacial score (nSPS) is 21.2. The third-order valence-corrected chi connectivity index (χ3v) is 8.91. The molecule has 1 unspecified atom stereocenters. The maximum Gasteiger partial charge on any atom is 0.253 e. The van der Waals surface area contributed by atoms with Crippen LogP contribution in [0.3, 0.4) is 0 Å². The highest BCUT2D eigenvalue weighted by Crippen LogP contribution is 2.36. The Morgan fingerprint density at radius 1 is 0.868 bits per heavy atom. The Bertz CT molecular complexity index is 1300. The zero-order valence-corrected chi connectivity index (χ0v) is 22.6. The van der Waals surface area contributed by atoms with Gasteiger partial charge in [0, 0.05) is 49.2 Å². The molecule has 10 nitrogen and oxygen atoms in total. The van der Waals surface area contributed by atoms with Gasteiger partial charge in [-0.1, -0.05) is 32.1 Å². The summed E-state index contributed by atoms with van der Waals surface area (Å²) in [7, 11) is 3.22. The number of aromatic amines is 1. The number of hydrogen-bond donors (Lipinski definition) is 1. The van der Waals surface area contributed by atoms with Gasteiger partial charge in [-0.15, -0.1) is 5.10 Å². The Labute approximate surface area is 223 Å². The summed E-state index contributed by atoms with van der Waals surface area (Å²) < 4.78 is 13.0. The fraction of sp³-hybridized carbons (Fsp3) is 0.643. The first-order valence-electron chi connectivity index (χ1n) is 14.2. The van der Waals surface area contributed by atoms with Crippen LogP contribution in [0.15, 0.2) is 23.0 Å². The second-order valence-electron chi connectivity index (χ2n) is 11.0. The topological polar surface area (TPSA) is 101 Å². The van der Waals surface area contributed by atoms with Gasteiger partial charge in [0.05, 0.1) is 25.8 Å². The zero-order valence-electron chi connectivity index (χ0n) is 22.6. The molecule has 3 aromatic rings. The van der Waals surface area contributed by atoms with Crippen molar-refractivity contribution in [2.24, 2.45) is 0 Å². The molecule has 10 heteroatoms. The first-order chi connectivity index (χ1) is 18.7. The molecule has 38 heavy (non-hydrogen) atoms. The molecule has 3 heterocycles. The number of aromatic nitrogens is 5. The summed E-state index contributed by atoms with van der Waals surface area (Å²) >= 11 is 0. The number of piperazine rings is 1. The molecule has 1 N–H and O–H groups in total. The lowest BCUT2D eigenvalue weighted by atomic mass is 9.93. The van der Waals surface area contributed by atoms with Gasteiger partial charge < -0.3 is 14.5 Å². The van der Waals surface area contributed by atoms with E-state index in [1.54, 1.807) is 14.2 Å². The molecule has 6 rings (SSSR count). The average molecular weight is 522 g/mol. The van der Waals surface area contributed by atoms with Gasteiger partial charge >= 0.3 is 0 Å². The summed E-state index contributed by atoms with van der Waals surface area (Å²) in [4.78, 5) is 21.8. The first-order valence-corrected chi connectivity index (χ1v) is 14.2. The number of ether oxygens (including phenoxy) is 2. The number of H-pyrrole nitrogens is 1. The van der Waals surface area contributed by atoms with E-state index in [-0.39, 0.29) is 17.6 Å². The monoisotopic (exact) mass is 521 g/mol. The molecule has 1 aromatic carbocycles. The van der Waals surface area contributed by atoms with Crippen LogP contribution < -0.4 is 15.0 Å². The largest absolute Gasteiger partial charge is 0.493 e. The van der Waals surface area contributed by atoms with Gasteiger partial charge in [-0.3, -0.25) is 14.6 Å². The summed E-state index contributed by atoms with van der Waals surface area (Å²) in [5, 5.41) is 14.0. The van der Waals surface area contributed by atoms with Gasteiger partial charge in [0.15, 0.2) is 17.3 Å². The van der Waals surface area contributed by atoms with Crippen molar-refractivity contribution < 1.29 is 9.47 Å². The molecule has 2 saturated carbocycles. The van der Waals surface area contributed by atoms with Crippen molar-refractivity contribution in [3.8, 4) is 11.5 Å². The van der Waals surface area contributed by atoms with Crippen LogP contribution in [-0.4, -0.2) is 81.4 Å². The average Bonchev–Trinajstić information content (AvgIpc) is 3.66. The number of benzene rings is 1. The van der Waals surface area contributed by atoms with Crippen LogP contribution in [0.5, 0.6) is 11.5 Å². The third-order valence-electron chi connectivity index (χ3n) is 8.91. The number of hydrogen-bond acceptors (Lipinski definition) is 8. The van der Waals surface area contributed by atoms with E-state index in [0.29, 0.717) is 28.6 Å². The highest BCUT2D eigenvalue weighted by Gasteiger charge is 2.36. The fourth-order valence-electron chi connectivity index (χ4n) is 6.85. The smallest absolute Gasteiger partial charge is 0.253 e. The van der Waals surface area contributed by atoms with Crippen molar-refractivity contribution in [2.75, 3.05) is 40.4 Å². The van der Waals surface area contributed by atoms with Gasteiger partial charge in [-0.05, 0) is 48.2 Å². The molecule has 1 saturated heterocycles. The van der Waals surface area contributed by atoms with Crippen LogP contribution in [0.25, 0.3) is 10.9 Å². The Morgan fingerprint density at radius 3 is 2.24 bits per heavy atom. The molecule has 2 aliphatic carbocycles. The standard InChI is InChI=1S/C28H39N7O3/c1-37-24-17-19-16-22(28(36)29-23(19)18-25(24)38-2)26(27-30-31-32-35(27)21-10-6-7-11-21)34-14-12-33(13-15-34)20-8-4-3-5-9-20/h16-18,20-21,26H,3-15H2,1-2H3,(H,29,36). The molecule has 2 aromatic heterocycles. The van der Waals surface area contributed by atoms with E-state index in [9.17, 15) is 4.79 Å². The number of tetrazole rings is 1. The SMILES string of the molecule is COc1cc2cc(C(c3nnnn3C3CCCC3)N3CCN(C4CCCCC4)CC3)c(=O)[nH]c2cc1OC. The second kappa shape index (κ2) is 11.0. The number of fused-ring (bicyclic) bond motifs is 1. The highest BCUT2D eigenvalue weighted by molar-refractivity contribution is 5.83. The lowest BCUT2D eigenvalue weighted by Crippen LogP contribution is -2.52. The van der Waals surface area contributed by atoms with Gasteiger partial charge in [-0.2, -0.15) is 0 Å². The third kappa shape index (κ3) is 4.80. The van der Waals surface area contributed by atoms with Crippen LogP contribution in [0.1, 0.15) is 81.3 Å². The number of methoxy groups -OCH3 is 2. The Kier molecular flexibility index (Phi) is 7.34. The van der Waals surface area contributed by atoms with Crippen LogP contribution in [-0.2, 0) is 0 Å². The number of nitrogens with one attached hydrogen (secondary N) is 1. The van der Waals surface area contributed by atoms with Crippen LogP contribution in [0, 0.1) is 0 Å². The van der Waals surface area contributed by atoms with Gasteiger partial charge in [0.25, 0.3) is 5.56 Å². The van der Waals surface area contributed by atoms with E-state index in [4.69, 9.17) is 9.47 Å². The van der Waals surface area contributed by atoms with Gasteiger partial charge in [-0.25, -0.2) is 4.68 Å². The Morgan fingerprint density at radius 2 is 1.53 bits per heavy atom. The fourth-order valence-corrected chi connectivity index (χ4v) is 6.85. The van der Waals surface area contributed by atoms with Crippen molar-refractivity contribution in [1.29, 1.82) is 0 Å². The minimum Gasteiger partial charge on any atom is -0.493 e. The number of pyridine rings is 1. The molecule has 0 spiro atoms. The lowest BCUT2D eigenvalue weighted by molar-refractivity contribution is 0.0613. The molecular formula is C28H39N7O3. The Hall–Kier alpha value is -2.98. The van der Waals surface area contributed by atoms with Crippen molar-refractivity contribution in [3.63, 3.8) is 0 Å². The van der Waals surface area contributed by atoms with Gasteiger partial charge in [0.2, 0.25) is 0 Å². The summed E-state index contributed by atoms with van der Waals surface area (Å²) in [5.41, 5.74) is 1.27. The van der Waals surface area contributed by atoms with Crippen molar-refractivity contribution >= 4 is 10.9 Å². The molecule has 3 aliphatic rings. The summed E-state index contributed by atoms with van der Waals surface area (Å²) in [6.07, 6.45) is 11.2. The van der Waals surface area contributed by atoms with Crippen LogP contribution in [0.2, 0.25) is 0 Å². The van der Waals surface area contributed by atoms with E-state index >= 15 is 0 Å². The number of nitrogens with zero attached hydrogens (tertiary/aromatic N) is 6. The molecule has 1 aliphatic heterocycles. The molecule has 0 radical (unpaired) electrons. The maximum atomic E-state index is 13.7. The van der Waals surface area contributed by atoms with E-state index in [2.05, 4.69) is 30.3 Å². The molecule has 1 atom stereocenters. The van der Waals surface area contributed by atoms with E-state index in [0.717, 1.165) is 50.2 Å². The molecule has 0 amide bonds. The van der Waals surface area contributed by atoms with Crippen molar-refractivity contribution in [2.45, 2.75) is 75.9 Å². The Balaban J connectivity index is 1.38. The first kappa shape index (κ1) is 25.3. The predicted molar refractivity (Wildman–Crippen MR) is 145 cm³/mol. The van der Waals surface area contributed by atoms with Crippen molar-refractivity contribution in [1.82, 2.24) is 35.0 Å². The van der Waals surface area contributed by atoms with E-state index in [1.807, 2.05) is 22.9 Å². The predicted octanol–water partition coefficient (Wildman–Crippen LogP) is 3.69. The van der Waals surface area contributed by atoms with Crippen molar-refractivity contribution in [3.05, 3.63) is 39.9 Å². The molecule has 204 valence electrons. The number of rotatable bonds is 7. The molecular weight excluding hydrogens is 482 g/mol. The van der Waals surface area contributed by atoms with Crippen LogP contribution >= 0.6 is 0 Å². The molecule has 0 bridgehead atoms. The van der Waals surface area contributed by atoms with Gasteiger partial charge in [0.1, 0.15) is 6.04 Å². The second-order valence-corrected chi connectivity index (χ2v) is 11.0. The minimum atomic E-state index is -0.319. The molecule has 3 fully saturated rings.